The van der Waals surface area contributed by atoms with Gasteiger partial charge in [0.15, 0.2) is 0 Å². The van der Waals surface area contributed by atoms with Crippen molar-refractivity contribution in [2.45, 2.75) is 6.92 Å². The fraction of sp³-hybridized carbons (Fsp3) is 0.900. The van der Waals surface area contributed by atoms with E-state index < -0.39 is 0 Å². The second kappa shape index (κ2) is 6.05. The molecule has 0 spiro atoms. The highest BCUT2D eigenvalue weighted by atomic mass is 16.2. The Bertz CT molecular complexity index is 202. The largest absolute Gasteiger partial charge is 0.345 e. The number of likely N-dealkylation sites (N-methyl/N-ethyl adjacent to an activating group) is 2. The van der Waals surface area contributed by atoms with E-state index >= 15 is 0 Å². The number of hydrazine groups is 1. The van der Waals surface area contributed by atoms with Crippen molar-refractivity contribution in [3.63, 3.8) is 0 Å². The highest BCUT2D eigenvalue weighted by Crippen LogP contribution is 1.95. The Morgan fingerprint density at radius 1 is 1.33 bits per heavy atom. The van der Waals surface area contributed by atoms with Crippen LogP contribution in [0.15, 0.2) is 0 Å². The molecule has 0 unspecified atom stereocenters. The van der Waals surface area contributed by atoms with Crippen LogP contribution in [0.1, 0.15) is 6.92 Å². The fourth-order valence-electron chi connectivity index (χ4n) is 1.46. The summed E-state index contributed by atoms with van der Waals surface area (Å²) in [6.07, 6.45) is 0. The smallest absolute Gasteiger partial charge is 0.237 e. The first kappa shape index (κ1) is 12.4. The average Bonchev–Trinajstić information content (AvgIpc) is 2.26. The summed E-state index contributed by atoms with van der Waals surface area (Å²) >= 11 is 0. The zero-order valence-corrected chi connectivity index (χ0v) is 9.99. The molecule has 88 valence electrons. The van der Waals surface area contributed by atoms with Gasteiger partial charge in [-0.15, -0.1) is 0 Å². The van der Waals surface area contributed by atoms with E-state index in [-0.39, 0.29) is 5.91 Å². The Morgan fingerprint density at radius 2 is 1.93 bits per heavy atom. The van der Waals surface area contributed by atoms with E-state index in [2.05, 4.69) is 22.4 Å². The van der Waals surface area contributed by atoms with Crippen molar-refractivity contribution in [3.05, 3.63) is 0 Å². The van der Waals surface area contributed by atoms with Gasteiger partial charge in [0.25, 0.3) is 0 Å². The number of nitrogens with one attached hydrogen (secondary N) is 1. The lowest BCUT2D eigenvalue weighted by Gasteiger charge is -2.32. The molecule has 1 aliphatic heterocycles. The molecule has 1 amide bonds. The molecule has 0 aromatic heterocycles. The Balaban J connectivity index is 2.17. The van der Waals surface area contributed by atoms with Gasteiger partial charge in [-0.25, -0.2) is 10.4 Å². The fourth-order valence-corrected chi connectivity index (χ4v) is 1.46. The summed E-state index contributed by atoms with van der Waals surface area (Å²) in [5, 5.41) is 2.13. The van der Waals surface area contributed by atoms with Crippen molar-refractivity contribution in [2.75, 3.05) is 53.4 Å². The highest BCUT2D eigenvalue weighted by molar-refractivity contribution is 5.77. The second-order valence-corrected chi connectivity index (χ2v) is 4.03. The van der Waals surface area contributed by atoms with Crippen LogP contribution in [0, 0.1) is 0 Å². The molecule has 0 aromatic rings. The topological polar surface area (TPSA) is 38.8 Å². The maximum absolute atomic E-state index is 11.5. The summed E-state index contributed by atoms with van der Waals surface area (Å²) in [6.45, 7) is 7.25. The first-order valence-electron chi connectivity index (χ1n) is 5.54. The highest BCUT2D eigenvalue weighted by Gasteiger charge is 2.14. The number of carbonyl (C=O) groups excluding carboxylic acids is 1. The number of carbonyl (C=O) groups is 1. The Labute approximate surface area is 92.0 Å². The number of piperazine rings is 1. The monoisotopic (exact) mass is 214 g/mol. The lowest BCUT2D eigenvalue weighted by molar-refractivity contribution is -0.129. The van der Waals surface area contributed by atoms with E-state index in [0.717, 1.165) is 32.7 Å². The second-order valence-electron chi connectivity index (χ2n) is 4.03. The van der Waals surface area contributed by atoms with Crippen molar-refractivity contribution in [1.82, 2.24) is 20.2 Å². The number of hydrogen-bond donors (Lipinski definition) is 1. The molecule has 5 heteroatoms. The van der Waals surface area contributed by atoms with Crippen molar-refractivity contribution in [2.24, 2.45) is 0 Å². The van der Waals surface area contributed by atoms with E-state index in [9.17, 15) is 4.79 Å². The zero-order valence-electron chi connectivity index (χ0n) is 9.99. The van der Waals surface area contributed by atoms with Gasteiger partial charge in [0.05, 0.1) is 6.54 Å². The van der Waals surface area contributed by atoms with Crippen molar-refractivity contribution >= 4 is 5.91 Å². The minimum absolute atomic E-state index is 0.149. The molecule has 1 fully saturated rings. The van der Waals surface area contributed by atoms with Gasteiger partial charge in [-0.05, 0) is 14.0 Å². The Hall–Kier alpha value is -0.650. The predicted molar refractivity (Wildman–Crippen MR) is 60.4 cm³/mol. The van der Waals surface area contributed by atoms with Gasteiger partial charge in [-0.3, -0.25) is 4.79 Å². The first-order valence-corrected chi connectivity index (χ1v) is 5.54. The van der Waals surface area contributed by atoms with Crippen LogP contribution in [-0.2, 0) is 4.79 Å². The third-order valence-electron chi connectivity index (χ3n) is 2.86. The van der Waals surface area contributed by atoms with Crippen LogP contribution in [0.3, 0.4) is 0 Å². The zero-order chi connectivity index (χ0) is 11.3. The number of nitrogens with zero attached hydrogens (tertiary/aromatic N) is 3. The van der Waals surface area contributed by atoms with E-state index in [1.807, 2.05) is 14.0 Å². The van der Waals surface area contributed by atoms with E-state index in [4.69, 9.17) is 0 Å². The van der Waals surface area contributed by atoms with Crippen LogP contribution in [0.2, 0.25) is 0 Å². The van der Waals surface area contributed by atoms with Crippen LogP contribution in [0.4, 0.5) is 0 Å². The quantitative estimate of drug-likeness (QED) is 0.666. The minimum Gasteiger partial charge on any atom is -0.345 e. The molecule has 0 aromatic carbocycles. The lowest BCUT2D eigenvalue weighted by atomic mass is 10.4. The van der Waals surface area contributed by atoms with Gasteiger partial charge in [0, 0.05) is 39.8 Å². The molecule has 5 nitrogen and oxygen atoms in total. The summed E-state index contributed by atoms with van der Waals surface area (Å²) in [6, 6.07) is 0. The normalized spacial score (nSPS) is 19.1. The molecular formula is C10H22N4O. The summed E-state index contributed by atoms with van der Waals surface area (Å²) < 4.78 is 0. The van der Waals surface area contributed by atoms with Crippen LogP contribution < -0.4 is 5.43 Å². The van der Waals surface area contributed by atoms with Gasteiger partial charge >= 0.3 is 0 Å². The minimum atomic E-state index is 0.149. The molecule has 0 atom stereocenters. The summed E-state index contributed by atoms with van der Waals surface area (Å²) in [5.74, 6) is 0.149. The summed E-state index contributed by atoms with van der Waals surface area (Å²) in [5.41, 5.74) is 3.17. The molecule has 1 saturated heterocycles. The van der Waals surface area contributed by atoms with Crippen molar-refractivity contribution in [1.29, 1.82) is 0 Å². The number of amides is 1. The van der Waals surface area contributed by atoms with Crippen LogP contribution in [0.5, 0.6) is 0 Å². The van der Waals surface area contributed by atoms with Gasteiger partial charge < -0.3 is 9.80 Å². The Kier molecular flexibility index (Phi) is 5.01. The molecule has 0 aliphatic carbocycles. The standard InChI is InChI=1S/C10H22N4O/c1-4-13(3)10(15)9-11-14-7-5-12(2)6-8-14/h11H,4-9H2,1-3H3. The molecule has 15 heavy (non-hydrogen) atoms. The third-order valence-corrected chi connectivity index (χ3v) is 2.86. The predicted octanol–water partition coefficient (Wildman–Crippen LogP) is -0.783. The summed E-state index contributed by atoms with van der Waals surface area (Å²) in [7, 11) is 3.95. The van der Waals surface area contributed by atoms with Crippen LogP contribution >= 0.6 is 0 Å². The van der Waals surface area contributed by atoms with Crippen LogP contribution in [-0.4, -0.2) is 74.1 Å². The summed E-state index contributed by atoms with van der Waals surface area (Å²) in [4.78, 5) is 15.5. The maximum Gasteiger partial charge on any atom is 0.237 e. The van der Waals surface area contributed by atoms with Crippen molar-refractivity contribution < 1.29 is 4.79 Å². The van der Waals surface area contributed by atoms with Gasteiger partial charge in [-0.2, -0.15) is 0 Å². The van der Waals surface area contributed by atoms with Crippen molar-refractivity contribution in [3.8, 4) is 0 Å². The third kappa shape index (κ3) is 4.15. The van der Waals surface area contributed by atoms with E-state index in [0.29, 0.717) is 6.54 Å². The van der Waals surface area contributed by atoms with E-state index in [1.165, 1.54) is 0 Å². The molecule has 1 heterocycles. The molecule has 1 N–H and O–H groups in total. The van der Waals surface area contributed by atoms with Gasteiger partial charge in [0.2, 0.25) is 5.91 Å². The molecule has 0 bridgehead atoms. The molecular weight excluding hydrogens is 192 g/mol. The first-order chi connectivity index (χ1) is 7.13. The SMILES string of the molecule is CCN(C)C(=O)CNN1CCN(C)CC1. The lowest BCUT2D eigenvalue weighted by Crippen LogP contribution is -2.53. The van der Waals surface area contributed by atoms with Gasteiger partial charge in [-0.1, -0.05) is 0 Å². The number of rotatable bonds is 4. The van der Waals surface area contributed by atoms with E-state index in [1.54, 1.807) is 4.90 Å². The molecule has 1 rings (SSSR count). The molecule has 1 aliphatic rings. The van der Waals surface area contributed by atoms with Crippen LogP contribution in [0.25, 0.3) is 0 Å². The molecule has 0 saturated carbocycles. The number of hydrogen-bond acceptors (Lipinski definition) is 4. The average molecular weight is 214 g/mol. The maximum atomic E-state index is 11.5. The van der Waals surface area contributed by atoms with Gasteiger partial charge in [0.1, 0.15) is 0 Å². The Morgan fingerprint density at radius 3 is 2.47 bits per heavy atom. The molecule has 0 radical (unpaired) electrons.